The average molecular weight is 537 g/mol. The van der Waals surface area contributed by atoms with Crippen LogP contribution in [-0.4, -0.2) is 29.8 Å². The molecule has 2 aliphatic heterocycles. The highest BCUT2D eigenvalue weighted by molar-refractivity contribution is 6.48. The van der Waals surface area contributed by atoms with Gasteiger partial charge in [0.25, 0.3) is 0 Å². The van der Waals surface area contributed by atoms with E-state index < -0.39 is 0 Å². The summed E-state index contributed by atoms with van der Waals surface area (Å²) in [6, 6.07) is 18.1. The lowest BCUT2D eigenvalue weighted by atomic mass is 9.70. The van der Waals surface area contributed by atoms with Crippen LogP contribution in [0.3, 0.4) is 0 Å². The van der Waals surface area contributed by atoms with Crippen molar-refractivity contribution in [2.75, 3.05) is 18.0 Å². The Morgan fingerprint density at radius 2 is 1.38 bits per heavy atom. The number of para-hydroxylation sites is 1. The van der Waals surface area contributed by atoms with Crippen LogP contribution < -0.4 is 4.90 Å². The van der Waals surface area contributed by atoms with Gasteiger partial charge in [-0.15, -0.1) is 0 Å². The molecule has 0 amide bonds. The number of likely N-dealkylation sites (tertiary alicyclic amines) is 1. The first-order chi connectivity index (χ1) is 19.2. The van der Waals surface area contributed by atoms with Gasteiger partial charge in [-0.25, -0.2) is 0 Å². The van der Waals surface area contributed by atoms with Gasteiger partial charge in [0.15, 0.2) is 5.78 Å². The smallest absolute Gasteiger partial charge is 0.197 e. The fourth-order valence-corrected chi connectivity index (χ4v) is 8.69. The highest BCUT2D eigenvalue weighted by atomic mass is 16.1. The Kier molecular flexibility index (Phi) is 7.00. The van der Waals surface area contributed by atoms with E-state index in [1.54, 1.807) is 0 Å². The van der Waals surface area contributed by atoms with Crippen LogP contribution in [0.4, 0.5) is 5.69 Å². The second kappa shape index (κ2) is 10.2. The number of hydrogen-bond acceptors (Lipinski definition) is 3. The van der Waals surface area contributed by atoms with Crippen molar-refractivity contribution in [2.45, 2.75) is 104 Å². The first-order valence-corrected chi connectivity index (χ1v) is 16.0. The van der Waals surface area contributed by atoms with E-state index in [1.807, 2.05) is 0 Å². The van der Waals surface area contributed by atoms with E-state index in [-0.39, 0.29) is 16.6 Å². The quantitative estimate of drug-likeness (QED) is 0.344. The van der Waals surface area contributed by atoms with Gasteiger partial charge in [0.1, 0.15) is 0 Å². The van der Waals surface area contributed by atoms with Crippen LogP contribution in [0.25, 0.3) is 11.1 Å². The molecule has 3 heteroatoms. The lowest BCUT2D eigenvalue weighted by Crippen LogP contribution is -2.35. The molecule has 0 N–H and O–H groups in total. The van der Waals surface area contributed by atoms with Crippen LogP contribution in [0, 0.1) is 11.3 Å². The second-order valence-corrected chi connectivity index (χ2v) is 13.7. The van der Waals surface area contributed by atoms with Crippen LogP contribution in [0.15, 0.2) is 59.9 Å². The molecule has 0 radical (unpaired) electrons. The van der Waals surface area contributed by atoms with Crippen molar-refractivity contribution in [2.24, 2.45) is 11.3 Å². The van der Waals surface area contributed by atoms with Crippen molar-refractivity contribution < 1.29 is 4.79 Å². The zero-order chi connectivity index (χ0) is 28.2. The van der Waals surface area contributed by atoms with Gasteiger partial charge >= 0.3 is 0 Å². The highest BCUT2D eigenvalue weighted by Crippen LogP contribution is 2.59. The number of nitrogens with zero attached hydrogens (tertiary/aromatic N) is 2. The number of Topliss-reactive ketones (excluding diaryl/α,β-unsaturated/α-hetero) is 1. The summed E-state index contributed by atoms with van der Waals surface area (Å²) < 4.78 is 0. The van der Waals surface area contributed by atoms with Crippen molar-refractivity contribution in [3.05, 3.63) is 76.6 Å². The number of rotatable bonds is 6. The van der Waals surface area contributed by atoms with Gasteiger partial charge in [0, 0.05) is 47.0 Å². The predicted octanol–water partition coefficient (Wildman–Crippen LogP) is 8.99. The Bertz CT molecular complexity index is 1380. The van der Waals surface area contributed by atoms with E-state index in [0.717, 1.165) is 48.2 Å². The molecule has 2 unspecified atom stereocenters. The van der Waals surface area contributed by atoms with Crippen LogP contribution in [0.5, 0.6) is 0 Å². The molecule has 212 valence electrons. The maximum atomic E-state index is 15.1. The van der Waals surface area contributed by atoms with E-state index >= 15 is 4.79 Å². The minimum Gasteiger partial charge on any atom is -0.370 e. The summed E-state index contributed by atoms with van der Waals surface area (Å²) in [7, 11) is 0. The second-order valence-electron chi connectivity index (χ2n) is 13.7. The molecule has 1 saturated heterocycles. The van der Waals surface area contributed by atoms with Gasteiger partial charge in [0.2, 0.25) is 0 Å². The normalized spacial score (nSPS) is 28.2. The molecule has 2 aromatic rings. The third kappa shape index (κ3) is 3.94. The third-order valence-corrected chi connectivity index (χ3v) is 10.6. The van der Waals surface area contributed by atoms with Gasteiger partial charge in [-0.2, -0.15) is 0 Å². The van der Waals surface area contributed by atoms with E-state index in [1.165, 1.54) is 61.2 Å². The van der Waals surface area contributed by atoms with E-state index in [0.29, 0.717) is 12.0 Å². The summed E-state index contributed by atoms with van der Waals surface area (Å²) in [5.41, 5.74) is 9.09. The SMILES string of the molecule is CCCCN1C(=C2C(=O)C(=C3N(CCCC)C4CCCCC4C3(C)C)c3ccccc32)C(C)(C)c2ccccc21. The van der Waals surface area contributed by atoms with E-state index in [2.05, 4.69) is 99.9 Å². The molecule has 2 aliphatic carbocycles. The molecule has 1 saturated carbocycles. The van der Waals surface area contributed by atoms with Gasteiger partial charge in [-0.05, 0) is 54.4 Å². The average Bonchev–Trinajstić information content (AvgIpc) is 3.45. The fourth-order valence-electron chi connectivity index (χ4n) is 8.69. The molecule has 0 aromatic heterocycles. The third-order valence-electron chi connectivity index (χ3n) is 10.6. The Labute approximate surface area is 242 Å². The summed E-state index contributed by atoms with van der Waals surface area (Å²) >= 11 is 0. The summed E-state index contributed by atoms with van der Waals surface area (Å²) in [5, 5.41) is 0. The molecule has 2 aromatic carbocycles. The molecule has 2 heterocycles. The highest BCUT2D eigenvalue weighted by Gasteiger charge is 2.54. The number of fused-ring (bicyclic) bond motifs is 3. The van der Waals surface area contributed by atoms with Crippen LogP contribution >= 0.6 is 0 Å². The molecule has 3 nitrogen and oxygen atoms in total. The number of allylic oxidation sites excluding steroid dienone is 4. The van der Waals surface area contributed by atoms with Gasteiger partial charge in [-0.1, -0.05) is 110 Å². The largest absolute Gasteiger partial charge is 0.370 e. The minimum absolute atomic E-state index is 0.0207. The summed E-state index contributed by atoms with van der Waals surface area (Å²) in [6.07, 6.45) is 9.73. The van der Waals surface area contributed by atoms with E-state index in [4.69, 9.17) is 0 Å². The number of carbonyl (C=O) groups excluding carboxylic acids is 1. The number of unbranched alkanes of at least 4 members (excludes halogenated alkanes) is 2. The zero-order valence-corrected chi connectivity index (χ0v) is 25.6. The van der Waals surface area contributed by atoms with Crippen LogP contribution in [0.2, 0.25) is 0 Å². The molecule has 6 rings (SSSR count). The lowest BCUT2D eigenvalue weighted by molar-refractivity contribution is -0.108. The number of carbonyl (C=O) groups is 1. The predicted molar refractivity (Wildman–Crippen MR) is 168 cm³/mol. The molecular weight excluding hydrogens is 488 g/mol. The van der Waals surface area contributed by atoms with Crippen molar-refractivity contribution in [3.8, 4) is 0 Å². The number of anilines is 1. The molecule has 40 heavy (non-hydrogen) atoms. The molecule has 2 fully saturated rings. The van der Waals surface area contributed by atoms with Gasteiger partial charge in [0.05, 0.1) is 11.1 Å². The van der Waals surface area contributed by atoms with E-state index in [9.17, 15) is 0 Å². The standard InChI is InChI=1S/C37H48N2O/c1-7-9-23-38-29-21-15-13-19-27(29)36(3,4)34(38)31-25-17-11-12-18-26(25)32(33(31)40)35-37(5,6)28-20-14-16-22-30(28)39(35)24-10-8-2/h11-13,15,17-19,21,28,30H,7-10,14,16,20,22-24H2,1-6H3. The Morgan fingerprint density at radius 3 is 2.08 bits per heavy atom. The monoisotopic (exact) mass is 536 g/mol. The minimum atomic E-state index is -0.246. The summed E-state index contributed by atoms with van der Waals surface area (Å²) in [4.78, 5) is 20.3. The maximum Gasteiger partial charge on any atom is 0.197 e. The lowest BCUT2D eigenvalue weighted by Gasteiger charge is -2.34. The number of benzene rings is 2. The van der Waals surface area contributed by atoms with Crippen molar-refractivity contribution in [1.29, 1.82) is 0 Å². The number of ketones is 1. The summed E-state index contributed by atoms with van der Waals surface area (Å²) in [5.74, 6) is 0.868. The zero-order valence-electron chi connectivity index (χ0n) is 25.6. The van der Waals surface area contributed by atoms with Crippen molar-refractivity contribution in [3.63, 3.8) is 0 Å². The van der Waals surface area contributed by atoms with Crippen LogP contribution in [-0.2, 0) is 10.2 Å². The Balaban J connectivity index is 1.61. The Morgan fingerprint density at radius 1 is 0.775 bits per heavy atom. The van der Waals surface area contributed by atoms with Crippen LogP contribution in [0.1, 0.15) is 110 Å². The first-order valence-electron chi connectivity index (χ1n) is 16.0. The molecule has 2 atom stereocenters. The summed E-state index contributed by atoms with van der Waals surface area (Å²) in [6.45, 7) is 16.1. The number of hydrogen-bond donors (Lipinski definition) is 0. The molecular formula is C37H48N2O. The van der Waals surface area contributed by atoms with Crippen molar-refractivity contribution >= 4 is 22.6 Å². The maximum absolute atomic E-state index is 15.1. The fraction of sp³-hybridized carbons (Fsp3) is 0.541. The molecule has 4 aliphatic rings. The van der Waals surface area contributed by atoms with Gasteiger partial charge in [-0.3, -0.25) is 4.79 Å². The van der Waals surface area contributed by atoms with Gasteiger partial charge < -0.3 is 9.80 Å². The Hall–Kier alpha value is -2.81. The first kappa shape index (κ1) is 27.4. The molecule has 0 bridgehead atoms. The van der Waals surface area contributed by atoms with Crippen molar-refractivity contribution in [1.82, 2.24) is 4.90 Å². The molecule has 0 spiro atoms. The topological polar surface area (TPSA) is 23.6 Å².